The maximum absolute atomic E-state index is 13.2. The molecule has 1 aromatic carbocycles. The van der Waals surface area contributed by atoms with Crippen molar-refractivity contribution >= 4 is 47.1 Å². The molecular weight excluding hydrogens is 429 g/mol. The van der Waals surface area contributed by atoms with Crippen LogP contribution in [0.4, 0.5) is 23.7 Å². The summed E-state index contributed by atoms with van der Waals surface area (Å²) in [5.74, 6) is -0.596. The number of nitrogens with one attached hydrogen (secondary N) is 2. The van der Waals surface area contributed by atoms with E-state index in [0.717, 1.165) is 31.5 Å². The quantitative estimate of drug-likeness (QED) is 0.456. The lowest BCUT2D eigenvalue weighted by molar-refractivity contribution is -0.137. The van der Waals surface area contributed by atoms with Crippen LogP contribution in [-0.2, 0) is 11.0 Å². The summed E-state index contributed by atoms with van der Waals surface area (Å²) in [5.41, 5.74) is 5.57. The third-order valence-electron chi connectivity index (χ3n) is 4.63. The molecule has 6 nitrogen and oxygen atoms in total. The van der Waals surface area contributed by atoms with E-state index in [0.29, 0.717) is 37.1 Å². The van der Waals surface area contributed by atoms with Gasteiger partial charge in [-0.15, -0.1) is 12.4 Å². The Morgan fingerprint density at radius 1 is 1.34 bits per heavy atom. The van der Waals surface area contributed by atoms with Crippen LogP contribution in [0.3, 0.4) is 0 Å². The van der Waals surface area contributed by atoms with Crippen molar-refractivity contribution in [2.24, 2.45) is 5.73 Å². The van der Waals surface area contributed by atoms with Crippen molar-refractivity contribution in [1.29, 1.82) is 0 Å². The molecule has 4 N–H and O–H groups in total. The topological polar surface area (TPSA) is 87.5 Å². The normalized spacial score (nSPS) is 20.9. The molecule has 0 aliphatic carbocycles. The molecule has 2 fully saturated rings. The number of halogens is 4. The Hall–Kier alpha value is -1.75. The van der Waals surface area contributed by atoms with E-state index in [2.05, 4.69) is 10.6 Å². The molecule has 2 amide bonds. The summed E-state index contributed by atoms with van der Waals surface area (Å²) >= 11 is 0.685. The summed E-state index contributed by atoms with van der Waals surface area (Å²) in [6, 6.07) is 3.71. The maximum atomic E-state index is 13.2. The lowest BCUT2D eigenvalue weighted by Crippen LogP contribution is -2.34. The molecule has 3 rings (SSSR count). The lowest BCUT2D eigenvalue weighted by Gasteiger charge is -2.22. The number of carbonyl (C=O) groups is 2. The van der Waals surface area contributed by atoms with Crippen molar-refractivity contribution in [2.45, 2.75) is 25.1 Å². The Morgan fingerprint density at radius 2 is 2.10 bits per heavy atom. The van der Waals surface area contributed by atoms with E-state index in [1.165, 1.54) is 12.1 Å². The van der Waals surface area contributed by atoms with Crippen LogP contribution >= 0.6 is 24.2 Å². The molecule has 1 unspecified atom stereocenters. The number of carbonyl (C=O) groups excluding carboxylic acids is 2. The summed E-state index contributed by atoms with van der Waals surface area (Å²) in [6.45, 7) is 2.71. The highest BCUT2D eigenvalue weighted by molar-refractivity contribution is 8.18. The predicted molar refractivity (Wildman–Crippen MR) is 110 cm³/mol. The van der Waals surface area contributed by atoms with Gasteiger partial charge in [0.25, 0.3) is 11.1 Å². The van der Waals surface area contributed by atoms with Gasteiger partial charge >= 0.3 is 6.18 Å². The first kappa shape index (κ1) is 23.5. The second kappa shape index (κ2) is 9.84. The third-order valence-corrected chi connectivity index (χ3v) is 5.44. The number of imide groups is 1. The molecule has 0 saturated carbocycles. The third kappa shape index (κ3) is 5.88. The van der Waals surface area contributed by atoms with Crippen LogP contribution < -0.4 is 21.3 Å². The molecule has 29 heavy (non-hydrogen) atoms. The first-order chi connectivity index (χ1) is 13.3. The molecular formula is C18H22ClF3N4O2S. The summed E-state index contributed by atoms with van der Waals surface area (Å²) in [7, 11) is 0. The zero-order valence-corrected chi connectivity index (χ0v) is 17.1. The average Bonchev–Trinajstić information content (AvgIpc) is 3.21. The summed E-state index contributed by atoms with van der Waals surface area (Å²) in [4.78, 5) is 25.3. The summed E-state index contributed by atoms with van der Waals surface area (Å²) in [5, 5.41) is 4.98. The number of nitrogens with two attached hydrogens (primary N) is 1. The van der Waals surface area contributed by atoms with Crippen LogP contribution in [0.25, 0.3) is 6.08 Å². The predicted octanol–water partition coefficient (Wildman–Crippen LogP) is 2.97. The first-order valence-corrected chi connectivity index (χ1v) is 9.74. The smallest absolute Gasteiger partial charge is 0.369 e. The van der Waals surface area contributed by atoms with E-state index in [1.807, 2.05) is 4.90 Å². The highest BCUT2D eigenvalue weighted by Gasteiger charge is 2.33. The maximum Gasteiger partial charge on any atom is 0.416 e. The number of anilines is 1. The SMILES string of the molecule is Cl.NCCCNC1CCN(c2ccc(C(F)(F)F)cc2C=C2SC(=O)NC2=O)C1. The van der Waals surface area contributed by atoms with Gasteiger partial charge in [-0.2, -0.15) is 13.2 Å². The van der Waals surface area contributed by atoms with Crippen LogP contribution in [0.1, 0.15) is 24.0 Å². The lowest BCUT2D eigenvalue weighted by atomic mass is 10.1. The van der Waals surface area contributed by atoms with E-state index >= 15 is 0 Å². The fraction of sp³-hybridized carbons (Fsp3) is 0.444. The second-order valence-electron chi connectivity index (χ2n) is 6.65. The summed E-state index contributed by atoms with van der Waals surface area (Å²) in [6.07, 6.45) is -1.43. The van der Waals surface area contributed by atoms with Crippen LogP contribution in [-0.4, -0.2) is 43.4 Å². The van der Waals surface area contributed by atoms with Gasteiger partial charge in [0, 0.05) is 24.8 Å². The molecule has 2 aliphatic rings. The van der Waals surface area contributed by atoms with Gasteiger partial charge in [-0.25, -0.2) is 0 Å². The van der Waals surface area contributed by atoms with Gasteiger partial charge in [0.2, 0.25) is 0 Å². The zero-order valence-electron chi connectivity index (χ0n) is 15.4. The Balaban J connectivity index is 0.00000300. The van der Waals surface area contributed by atoms with Gasteiger partial charge in [-0.1, -0.05) is 0 Å². The standard InChI is InChI=1S/C18H21F3N4O2S.ClH/c19-18(20,21)12-2-3-14(25-7-4-13(10-25)23-6-1-5-22)11(8-12)9-15-16(26)24-17(27)28-15;/h2-3,8-9,13,23H,1,4-7,10,22H2,(H,24,26,27);1H. The minimum Gasteiger partial charge on any atom is -0.369 e. The highest BCUT2D eigenvalue weighted by Crippen LogP contribution is 2.36. The fourth-order valence-corrected chi connectivity index (χ4v) is 3.92. The van der Waals surface area contributed by atoms with E-state index in [4.69, 9.17) is 5.73 Å². The average molecular weight is 451 g/mol. The van der Waals surface area contributed by atoms with Gasteiger partial charge < -0.3 is 16.0 Å². The molecule has 11 heteroatoms. The van der Waals surface area contributed by atoms with Crippen LogP contribution in [0.2, 0.25) is 0 Å². The van der Waals surface area contributed by atoms with Crippen molar-refractivity contribution in [3.8, 4) is 0 Å². The van der Waals surface area contributed by atoms with Crippen molar-refractivity contribution < 1.29 is 22.8 Å². The van der Waals surface area contributed by atoms with Crippen LogP contribution in [0.15, 0.2) is 23.1 Å². The minimum absolute atomic E-state index is 0. The van der Waals surface area contributed by atoms with Crippen molar-refractivity contribution in [1.82, 2.24) is 10.6 Å². The zero-order chi connectivity index (χ0) is 20.3. The van der Waals surface area contributed by atoms with Crippen LogP contribution in [0.5, 0.6) is 0 Å². The Morgan fingerprint density at radius 3 is 2.72 bits per heavy atom. The second-order valence-corrected chi connectivity index (χ2v) is 7.67. The van der Waals surface area contributed by atoms with Crippen molar-refractivity contribution in [2.75, 3.05) is 31.1 Å². The monoisotopic (exact) mass is 450 g/mol. The van der Waals surface area contributed by atoms with Gasteiger partial charge in [-0.05, 0) is 67.5 Å². The van der Waals surface area contributed by atoms with Gasteiger partial charge in [0.15, 0.2) is 0 Å². The molecule has 2 saturated heterocycles. The molecule has 0 bridgehead atoms. The number of hydrogen-bond acceptors (Lipinski definition) is 6. The summed E-state index contributed by atoms with van der Waals surface area (Å²) < 4.78 is 39.5. The van der Waals surface area contributed by atoms with Gasteiger partial charge in [0.05, 0.1) is 10.5 Å². The Kier molecular flexibility index (Phi) is 7.98. The number of benzene rings is 1. The molecule has 160 valence electrons. The fourth-order valence-electron chi connectivity index (χ4n) is 3.25. The molecule has 2 aliphatic heterocycles. The van der Waals surface area contributed by atoms with Gasteiger partial charge in [-0.3, -0.25) is 14.9 Å². The number of amides is 2. The van der Waals surface area contributed by atoms with Crippen molar-refractivity contribution in [3.05, 3.63) is 34.2 Å². The molecule has 2 heterocycles. The molecule has 1 aromatic rings. The highest BCUT2D eigenvalue weighted by atomic mass is 35.5. The number of rotatable bonds is 6. The number of alkyl halides is 3. The number of nitrogens with zero attached hydrogens (tertiary/aromatic N) is 1. The number of thioether (sulfide) groups is 1. The Bertz CT molecular complexity index is 804. The van der Waals surface area contributed by atoms with E-state index < -0.39 is 22.9 Å². The van der Waals surface area contributed by atoms with E-state index in [1.54, 1.807) is 0 Å². The minimum atomic E-state index is -4.50. The number of hydrogen-bond donors (Lipinski definition) is 3. The Labute approximate surface area is 176 Å². The molecule has 1 atom stereocenters. The molecule has 0 radical (unpaired) electrons. The van der Waals surface area contributed by atoms with Crippen LogP contribution in [0, 0.1) is 0 Å². The molecule has 0 spiro atoms. The van der Waals surface area contributed by atoms with E-state index in [9.17, 15) is 22.8 Å². The van der Waals surface area contributed by atoms with Gasteiger partial charge in [0.1, 0.15) is 0 Å². The largest absolute Gasteiger partial charge is 0.416 e. The van der Waals surface area contributed by atoms with E-state index in [-0.39, 0.29) is 28.9 Å². The molecule has 0 aromatic heterocycles. The van der Waals surface area contributed by atoms with Crippen molar-refractivity contribution in [3.63, 3.8) is 0 Å². The first-order valence-electron chi connectivity index (χ1n) is 8.92.